The molecule has 1 unspecified atom stereocenters. The second-order valence-electron chi connectivity index (χ2n) is 9.21. The van der Waals surface area contributed by atoms with Gasteiger partial charge in [-0.25, -0.2) is 0 Å². The molecule has 1 N–H and O–H groups in total. The summed E-state index contributed by atoms with van der Waals surface area (Å²) >= 11 is 0. The van der Waals surface area contributed by atoms with Gasteiger partial charge in [0.2, 0.25) is 5.91 Å². The second-order valence-corrected chi connectivity index (χ2v) is 9.21. The number of amides is 2. The average Bonchev–Trinajstić information content (AvgIpc) is 3.40. The van der Waals surface area contributed by atoms with Gasteiger partial charge in [-0.15, -0.1) is 5.10 Å². The fourth-order valence-corrected chi connectivity index (χ4v) is 4.93. The van der Waals surface area contributed by atoms with Gasteiger partial charge in [-0.1, -0.05) is 18.2 Å². The van der Waals surface area contributed by atoms with E-state index in [0.717, 1.165) is 42.3 Å². The van der Waals surface area contributed by atoms with Gasteiger partial charge < -0.3 is 10.2 Å². The number of rotatable bonds is 4. The van der Waals surface area contributed by atoms with Crippen LogP contribution >= 0.6 is 0 Å². The third kappa shape index (κ3) is 3.79. The normalized spacial score (nSPS) is 19.2. The Hall–Kier alpha value is -4.14. The molecule has 4 aromatic rings. The standard InChI is InChI=1S/C25H23N7O2/c33-22(8-7-17-9-12-26-21-6-2-1-4-19(17)21)31-15-18(14-25(16-31)10-11-25)27-24(34)20-5-3-13-32-23(20)28-29-30-32/h1-9,12-13,18H,10-11,14-16H2,(H,27,34)/b8-7+. The molecule has 1 spiro atoms. The van der Waals surface area contributed by atoms with Gasteiger partial charge in [0.25, 0.3) is 5.91 Å². The van der Waals surface area contributed by atoms with E-state index in [0.29, 0.717) is 17.8 Å². The molecule has 1 atom stereocenters. The number of carbonyl (C=O) groups excluding carboxylic acids is 2. The predicted octanol–water partition coefficient (Wildman–Crippen LogP) is 2.50. The van der Waals surface area contributed by atoms with E-state index in [-0.39, 0.29) is 23.3 Å². The van der Waals surface area contributed by atoms with E-state index in [1.165, 1.54) is 4.52 Å². The molecule has 4 heterocycles. The summed E-state index contributed by atoms with van der Waals surface area (Å²) < 4.78 is 1.47. The number of hydrogen-bond donors (Lipinski definition) is 1. The summed E-state index contributed by atoms with van der Waals surface area (Å²) in [5.74, 6) is -0.274. The quantitative estimate of drug-likeness (QED) is 0.476. The van der Waals surface area contributed by atoms with E-state index in [2.05, 4.69) is 25.8 Å². The molecule has 1 saturated carbocycles. The van der Waals surface area contributed by atoms with Crippen LogP contribution in [0.15, 0.2) is 60.9 Å². The van der Waals surface area contributed by atoms with Crippen LogP contribution < -0.4 is 5.32 Å². The van der Waals surface area contributed by atoms with Crippen molar-refractivity contribution in [1.29, 1.82) is 0 Å². The molecule has 1 saturated heterocycles. The Morgan fingerprint density at radius 3 is 2.88 bits per heavy atom. The van der Waals surface area contributed by atoms with E-state index in [9.17, 15) is 9.59 Å². The summed E-state index contributed by atoms with van der Waals surface area (Å²) in [5, 5.41) is 15.6. The Balaban J connectivity index is 1.19. The number of para-hydroxylation sites is 1. The van der Waals surface area contributed by atoms with E-state index in [1.807, 2.05) is 41.3 Å². The van der Waals surface area contributed by atoms with Crippen LogP contribution in [0.2, 0.25) is 0 Å². The fourth-order valence-electron chi connectivity index (χ4n) is 4.93. The molecule has 9 heteroatoms. The van der Waals surface area contributed by atoms with Gasteiger partial charge in [0.15, 0.2) is 5.65 Å². The number of benzene rings is 1. The first-order chi connectivity index (χ1) is 16.6. The zero-order valence-electron chi connectivity index (χ0n) is 18.5. The van der Waals surface area contributed by atoms with Crippen LogP contribution in [0, 0.1) is 5.41 Å². The molecule has 2 fully saturated rings. The summed E-state index contributed by atoms with van der Waals surface area (Å²) in [6, 6.07) is 13.1. The number of hydrogen-bond acceptors (Lipinski definition) is 6. The Morgan fingerprint density at radius 1 is 1.12 bits per heavy atom. The molecule has 2 aliphatic rings. The number of piperidine rings is 1. The summed E-state index contributed by atoms with van der Waals surface area (Å²) in [7, 11) is 0. The van der Waals surface area contributed by atoms with Crippen molar-refractivity contribution < 1.29 is 9.59 Å². The number of tetrazole rings is 1. The van der Waals surface area contributed by atoms with Crippen molar-refractivity contribution in [3.8, 4) is 0 Å². The molecule has 1 aliphatic carbocycles. The van der Waals surface area contributed by atoms with Crippen LogP contribution in [0.5, 0.6) is 0 Å². The molecule has 34 heavy (non-hydrogen) atoms. The molecule has 1 aromatic carbocycles. The van der Waals surface area contributed by atoms with Crippen molar-refractivity contribution in [1.82, 2.24) is 35.2 Å². The Bertz CT molecular complexity index is 1430. The molecular weight excluding hydrogens is 430 g/mol. The smallest absolute Gasteiger partial charge is 0.255 e. The second kappa shape index (κ2) is 8.02. The summed E-state index contributed by atoms with van der Waals surface area (Å²) in [6.45, 7) is 1.20. The summed E-state index contributed by atoms with van der Waals surface area (Å²) in [5.41, 5.74) is 2.79. The zero-order chi connectivity index (χ0) is 23.1. The number of likely N-dealkylation sites (tertiary alicyclic amines) is 1. The van der Waals surface area contributed by atoms with Gasteiger partial charge in [0, 0.05) is 43.0 Å². The van der Waals surface area contributed by atoms with Gasteiger partial charge >= 0.3 is 0 Å². The van der Waals surface area contributed by atoms with Crippen LogP contribution in [-0.4, -0.2) is 60.9 Å². The number of carbonyl (C=O) groups is 2. The van der Waals surface area contributed by atoms with Crippen molar-refractivity contribution in [3.63, 3.8) is 0 Å². The van der Waals surface area contributed by atoms with Crippen LogP contribution in [-0.2, 0) is 4.79 Å². The monoisotopic (exact) mass is 453 g/mol. The number of pyridine rings is 2. The summed E-state index contributed by atoms with van der Waals surface area (Å²) in [6.07, 6.45) is 9.96. The van der Waals surface area contributed by atoms with Crippen molar-refractivity contribution >= 4 is 34.4 Å². The fraction of sp³-hybridized carbons (Fsp3) is 0.280. The Labute approximate surface area is 195 Å². The first-order valence-electron chi connectivity index (χ1n) is 11.4. The molecule has 9 nitrogen and oxygen atoms in total. The lowest BCUT2D eigenvalue weighted by Crippen LogP contribution is -2.53. The predicted molar refractivity (Wildman–Crippen MR) is 126 cm³/mol. The van der Waals surface area contributed by atoms with Gasteiger partial charge in [0.1, 0.15) is 0 Å². The maximum Gasteiger partial charge on any atom is 0.255 e. The third-order valence-electron chi connectivity index (χ3n) is 6.81. The lowest BCUT2D eigenvalue weighted by molar-refractivity contribution is -0.128. The number of aromatic nitrogens is 5. The SMILES string of the molecule is O=C(NC1CN(C(=O)/C=C/c2ccnc3ccccc23)CC2(CC2)C1)c1cccn2nnnc12. The molecule has 1 aliphatic heterocycles. The van der Waals surface area contributed by atoms with Gasteiger partial charge in [-0.05, 0) is 71.0 Å². The maximum atomic E-state index is 13.1. The minimum atomic E-state index is -0.228. The average molecular weight is 454 g/mol. The van der Waals surface area contributed by atoms with Crippen molar-refractivity contribution in [2.75, 3.05) is 13.1 Å². The molecule has 3 aromatic heterocycles. The van der Waals surface area contributed by atoms with Crippen LogP contribution in [0.4, 0.5) is 0 Å². The number of fused-ring (bicyclic) bond motifs is 2. The van der Waals surface area contributed by atoms with Gasteiger partial charge in [0.05, 0.1) is 11.1 Å². The zero-order valence-corrected chi connectivity index (χ0v) is 18.5. The highest BCUT2D eigenvalue weighted by molar-refractivity contribution is 6.00. The molecule has 0 bridgehead atoms. The molecule has 2 amide bonds. The minimum Gasteiger partial charge on any atom is -0.347 e. The highest BCUT2D eigenvalue weighted by atomic mass is 16.2. The van der Waals surface area contributed by atoms with Gasteiger partial charge in [-0.3, -0.25) is 14.6 Å². The van der Waals surface area contributed by atoms with Crippen LogP contribution in [0.25, 0.3) is 22.6 Å². The topological polar surface area (TPSA) is 105 Å². The maximum absolute atomic E-state index is 13.1. The first kappa shape index (κ1) is 20.5. The van der Waals surface area contributed by atoms with E-state index in [4.69, 9.17) is 0 Å². The van der Waals surface area contributed by atoms with E-state index >= 15 is 0 Å². The number of nitrogens with zero attached hydrogens (tertiary/aromatic N) is 6. The van der Waals surface area contributed by atoms with Crippen molar-refractivity contribution in [2.24, 2.45) is 5.41 Å². The third-order valence-corrected chi connectivity index (χ3v) is 6.81. The lowest BCUT2D eigenvalue weighted by Gasteiger charge is -2.38. The van der Waals surface area contributed by atoms with Gasteiger partial charge in [-0.2, -0.15) is 4.52 Å². The van der Waals surface area contributed by atoms with E-state index in [1.54, 1.807) is 30.6 Å². The minimum absolute atomic E-state index is 0.0464. The summed E-state index contributed by atoms with van der Waals surface area (Å²) in [4.78, 5) is 32.4. The Kier molecular flexibility index (Phi) is 4.83. The first-order valence-corrected chi connectivity index (χ1v) is 11.4. The lowest BCUT2D eigenvalue weighted by atomic mass is 9.91. The van der Waals surface area contributed by atoms with Crippen LogP contribution in [0.3, 0.4) is 0 Å². The number of nitrogens with one attached hydrogen (secondary N) is 1. The molecule has 0 radical (unpaired) electrons. The Morgan fingerprint density at radius 2 is 2.00 bits per heavy atom. The molecular formula is C25H23N7O2. The van der Waals surface area contributed by atoms with Crippen molar-refractivity contribution in [2.45, 2.75) is 25.3 Å². The largest absolute Gasteiger partial charge is 0.347 e. The molecule has 170 valence electrons. The highest BCUT2D eigenvalue weighted by Crippen LogP contribution is 2.52. The van der Waals surface area contributed by atoms with E-state index < -0.39 is 0 Å². The van der Waals surface area contributed by atoms with Crippen molar-refractivity contribution in [3.05, 3.63) is 72.1 Å². The molecule has 6 rings (SSSR count). The highest BCUT2D eigenvalue weighted by Gasteiger charge is 2.49. The van der Waals surface area contributed by atoms with Crippen LogP contribution in [0.1, 0.15) is 35.2 Å².